The van der Waals surface area contributed by atoms with Crippen molar-refractivity contribution in [3.8, 4) is 5.75 Å². The summed E-state index contributed by atoms with van der Waals surface area (Å²) in [6, 6.07) is 4.43. The van der Waals surface area contributed by atoms with Gasteiger partial charge in [-0.05, 0) is 18.4 Å². The quantitative estimate of drug-likeness (QED) is 0.499. The number of carbonyl (C=O) groups excluding carboxylic acids is 1. The van der Waals surface area contributed by atoms with E-state index in [1.165, 1.54) is 43.5 Å². The zero-order valence-electron chi connectivity index (χ0n) is 12.0. The first kappa shape index (κ1) is 15.9. The van der Waals surface area contributed by atoms with E-state index < -0.39 is 10.8 Å². The standard InChI is InChI=1S/C14H14N2O5S/c1-20-12-6-11(16(18)19)10(5-13(12)22-2)14(17)15-7-9-3-4-21-8-9/h3-6,8H,7H2,1-2H3,(H,15,17). The Labute approximate surface area is 130 Å². The molecule has 1 aromatic heterocycles. The van der Waals surface area contributed by atoms with Crippen LogP contribution in [-0.2, 0) is 6.54 Å². The average molecular weight is 322 g/mol. The van der Waals surface area contributed by atoms with Crippen molar-refractivity contribution in [1.29, 1.82) is 0 Å². The van der Waals surface area contributed by atoms with Crippen LogP contribution in [0.15, 0.2) is 40.0 Å². The van der Waals surface area contributed by atoms with Gasteiger partial charge in [-0.15, -0.1) is 11.8 Å². The molecule has 7 nitrogen and oxygen atoms in total. The average Bonchev–Trinajstić information content (AvgIpc) is 3.04. The van der Waals surface area contributed by atoms with Gasteiger partial charge in [-0.25, -0.2) is 0 Å². The number of hydrogen-bond donors (Lipinski definition) is 1. The summed E-state index contributed by atoms with van der Waals surface area (Å²) in [6.07, 6.45) is 4.79. The fourth-order valence-electron chi connectivity index (χ4n) is 1.87. The molecule has 0 fully saturated rings. The lowest BCUT2D eigenvalue weighted by Crippen LogP contribution is -2.23. The van der Waals surface area contributed by atoms with Gasteiger partial charge in [-0.1, -0.05) is 0 Å². The number of thioether (sulfide) groups is 1. The number of carbonyl (C=O) groups is 1. The van der Waals surface area contributed by atoms with Crippen LogP contribution in [-0.4, -0.2) is 24.2 Å². The third kappa shape index (κ3) is 3.40. The molecule has 0 unspecified atom stereocenters. The van der Waals surface area contributed by atoms with Crippen molar-refractivity contribution in [2.24, 2.45) is 0 Å². The Balaban J connectivity index is 2.30. The molecule has 1 amide bonds. The molecule has 2 rings (SSSR count). The molecule has 0 aliphatic rings. The number of nitro groups is 1. The third-order valence-electron chi connectivity index (χ3n) is 2.98. The maximum atomic E-state index is 12.2. The molecule has 0 aliphatic carbocycles. The van der Waals surface area contributed by atoms with E-state index in [1.807, 2.05) is 0 Å². The van der Waals surface area contributed by atoms with Crippen molar-refractivity contribution in [3.05, 3.63) is 52.0 Å². The first-order valence-corrected chi connectivity index (χ1v) is 7.49. The molecule has 8 heteroatoms. The zero-order valence-corrected chi connectivity index (χ0v) is 12.8. The highest BCUT2D eigenvalue weighted by Crippen LogP contribution is 2.34. The normalized spacial score (nSPS) is 10.3. The molecule has 0 atom stereocenters. The number of amides is 1. The first-order chi connectivity index (χ1) is 10.6. The van der Waals surface area contributed by atoms with E-state index in [9.17, 15) is 14.9 Å². The summed E-state index contributed by atoms with van der Waals surface area (Å²) in [5.41, 5.74) is 0.479. The van der Waals surface area contributed by atoms with E-state index in [0.717, 1.165) is 5.56 Å². The number of nitrogens with zero attached hydrogens (tertiary/aromatic N) is 1. The van der Waals surface area contributed by atoms with Crippen LogP contribution < -0.4 is 10.1 Å². The SMILES string of the molecule is COc1cc([N+](=O)[O-])c(C(=O)NCc2ccoc2)cc1SC. The maximum absolute atomic E-state index is 12.2. The van der Waals surface area contributed by atoms with Crippen LogP contribution in [0.2, 0.25) is 0 Å². The molecule has 0 saturated heterocycles. The Morgan fingerprint density at radius 3 is 2.82 bits per heavy atom. The van der Waals surface area contributed by atoms with E-state index in [1.54, 1.807) is 12.3 Å². The molecule has 116 valence electrons. The smallest absolute Gasteiger partial charge is 0.285 e. The van der Waals surface area contributed by atoms with Crippen molar-refractivity contribution in [2.75, 3.05) is 13.4 Å². The van der Waals surface area contributed by atoms with Crippen LogP contribution in [0.4, 0.5) is 5.69 Å². The number of nitrogens with one attached hydrogen (secondary N) is 1. The molecule has 22 heavy (non-hydrogen) atoms. The van der Waals surface area contributed by atoms with Crippen LogP contribution in [0.1, 0.15) is 15.9 Å². The molecule has 0 radical (unpaired) electrons. The molecule has 0 aliphatic heterocycles. The van der Waals surface area contributed by atoms with Gasteiger partial charge in [-0.3, -0.25) is 14.9 Å². The van der Waals surface area contributed by atoms with Crippen molar-refractivity contribution in [2.45, 2.75) is 11.4 Å². The lowest BCUT2D eigenvalue weighted by Gasteiger charge is -2.10. The van der Waals surface area contributed by atoms with Crippen molar-refractivity contribution in [3.63, 3.8) is 0 Å². The lowest BCUT2D eigenvalue weighted by atomic mass is 10.1. The van der Waals surface area contributed by atoms with Gasteiger partial charge in [0.25, 0.3) is 11.6 Å². The summed E-state index contributed by atoms with van der Waals surface area (Å²) in [5.74, 6) is -0.156. The molecule has 0 saturated carbocycles. The summed E-state index contributed by atoms with van der Waals surface area (Å²) >= 11 is 1.35. The summed E-state index contributed by atoms with van der Waals surface area (Å²) in [7, 11) is 1.43. The first-order valence-electron chi connectivity index (χ1n) is 6.26. The van der Waals surface area contributed by atoms with E-state index in [4.69, 9.17) is 9.15 Å². The van der Waals surface area contributed by atoms with E-state index in [2.05, 4.69) is 5.32 Å². The molecular weight excluding hydrogens is 308 g/mol. The van der Waals surface area contributed by atoms with Crippen molar-refractivity contribution >= 4 is 23.4 Å². The molecule has 2 aromatic rings. The second-order valence-corrected chi connectivity index (χ2v) is 5.14. The Hall–Kier alpha value is -2.48. The number of methoxy groups -OCH3 is 1. The molecule has 1 aromatic carbocycles. The second-order valence-electron chi connectivity index (χ2n) is 4.30. The fraction of sp³-hybridized carbons (Fsp3) is 0.214. The second kappa shape index (κ2) is 6.99. The van der Waals surface area contributed by atoms with Gasteiger partial charge in [0.2, 0.25) is 0 Å². The predicted molar refractivity (Wildman–Crippen MR) is 81.3 cm³/mol. The predicted octanol–water partition coefficient (Wildman–Crippen LogP) is 2.85. The number of hydrogen-bond acceptors (Lipinski definition) is 6. The molecule has 1 heterocycles. The van der Waals surface area contributed by atoms with Gasteiger partial charge in [-0.2, -0.15) is 0 Å². The Kier molecular flexibility index (Phi) is 5.05. The van der Waals surface area contributed by atoms with Crippen LogP contribution in [0.5, 0.6) is 5.75 Å². The summed E-state index contributed by atoms with van der Waals surface area (Å²) in [6.45, 7) is 0.229. The number of benzene rings is 1. The van der Waals surface area contributed by atoms with E-state index in [-0.39, 0.29) is 17.8 Å². The minimum absolute atomic E-state index is 0.00125. The van der Waals surface area contributed by atoms with Crippen LogP contribution >= 0.6 is 11.8 Å². The van der Waals surface area contributed by atoms with Gasteiger partial charge < -0.3 is 14.5 Å². The maximum Gasteiger partial charge on any atom is 0.285 e. The number of furan rings is 1. The van der Waals surface area contributed by atoms with Crippen molar-refractivity contribution in [1.82, 2.24) is 5.32 Å². The van der Waals surface area contributed by atoms with Gasteiger partial charge in [0, 0.05) is 12.1 Å². The number of ether oxygens (including phenoxy) is 1. The summed E-state index contributed by atoms with van der Waals surface area (Å²) < 4.78 is 10.0. The Morgan fingerprint density at radius 2 is 2.27 bits per heavy atom. The largest absolute Gasteiger partial charge is 0.495 e. The van der Waals surface area contributed by atoms with Gasteiger partial charge in [0.15, 0.2) is 0 Å². The van der Waals surface area contributed by atoms with Gasteiger partial charge >= 0.3 is 0 Å². The van der Waals surface area contributed by atoms with Gasteiger partial charge in [0.1, 0.15) is 11.3 Å². The minimum atomic E-state index is -0.598. The highest BCUT2D eigenvalue weighted by Gasteiger charge is 2.23. The zero-order chi connectivity index (χ0) is 16.1. The Bertz CT molecular complexity index is 685. The fourth-order valence-corrected chi connectivity index (χ4v) is 2.45. The molecular formula is C14H14N2O5S. The summed E-state index contributed by atoms with van der Waals surface area (Å²) in [5, 5.41) is 13.8. The summed E-state index contributed by atoms with van der Waals surface area (Å²) in [4.78, 5) is 23.5. The highest BCUT2D eigenvalue weighted by molar-refractivity contribution is 7.98. The monoisotopic (exact) mass is 322 g/mol. The molecule has 0 bridgehead atoms. The molecule has 0 spiro atoms. The molecule has 1 N–H and O–H groups in total. The minimum Gasteiger partial charge on any atom is -0.495 e. The van der Waals surface area contributed by atoms with Crippen molar-refractivity contribution < 1.29 is 18.9 Å². The van der Waals surface area contributed by atoms with Crippen LogP contribution in [0, 0.1) is 10.1 Å². The van der Waals surface area contributed by atoms with Gasteiger partial charge in [0.05, 0.1) is 35.5 Å². The topological polar surface area (TPSA) is 94.6 Å². The number of rotatable bonds is 6. The number of nitro benzene ring substituents is 1. The lowest BCUT2D eigenvalue weighted by molar-refractivity contribution is -0.385. The third-order valence-corrected chi connectivity index (χ3v) is 3.74. The van der Waals surface area contributed by atoms with Crippen LogP contribution in [0.3, 0.4) is 0 Å². The van der Waals surface area contributed by atoms with Crippen LogP contribution in [0.25, 0.3) is 0 Å². The van der Waals surface area contributed by atoms with E-state index in [0.29, 0.717) is 10.6 Å². The van der Waals surface area contributed by atoms with E-state index >= 15 is 0 Å². The Morgan fingerprint density at radius 1 is 1.50 bits per heavy atom. The highest BCUT2D eigenvalue weighted by atomic mass is 32.2.